The maximum atomic E-state index is 13.5. The first kappa shape index (κ1) is 30.4. The molecule has 37 heavy (non-hydrogen) atoms. The second-order valence-corrected chi connectivity index (χ2v) is 11.6. The topological polar surface area (TPSA) is 86.8 Å². The van der Waals surface area contributed by atoms with Gasteiger partial charge in [0, 0.05) is 26.1 Å². The van der Waals surface area contributed by atoms with Gasteiger partial charge in [-0.3, -0.25) is 13.9 Å². The average Bonchev–Trinajstić information content (AvgIpc) is 2.84. The van der Waals surface area contributed by atoms with Crippen LogP contribution in [-0.2, 0) is 26.2 Å². The molecule has 1 unspecified atom stereocenters. The molecule has 0 aliphatic heterocycles. The smallest absolute Gasteiger partial charge is 0.242 e. The number of benzene rings is 2. The minimum Gasteiger partial charge on any atom is -0.354 e. The van der Waals surface area contributed by atoms with Gasteiger partial charge in [0.05, 0.1) is 11.9 Å². The van der Waals surface area contributed by atoms with E-state index in [2.05, 4.69) is 12.2 Å². The van der Waals surface area contributed by atoms with E-state index >= 15 is 0 Å². The van der Waals surface area contributed by atoms with Crippen molar-refractivity contribution in [3.8, 4) is 0 Å². The molecule has 7 nitrogen and oxygen atoms in total. The van der Waals surface area contributed by atoms with Crippen LogP contribution in [0.5, 0.6) is 0 Å². The number of aryl methyl sites for hydroxylation is 2. The summed E-state index contributed by atoms with van der Waals surface area (Å²) in [6.45, 7) is 10.9. The van der Waals surface area contributed by atoms with E-state index in [4.69, 9.17) is 0 Å². The molecule has 2 aromatic rings. The van der Waals surface area contributed by atoms with Crippen LogP contribution in [0.2, 0.25) is 0 Å². The lowest BCUT2D eigenvalue weighted by Crippen LogP contribution is -2.49. The van der Waals surface area contributed by atoms with Gasteiger partial charge in [0.1, 0.15) is 6.04 Å². The Hall–Kier alpha value is -2.87. The van der Waals surface area contributed by atoms with Crippen molar-refractivity contribution in [2.24, 2.45) is 0 Å². The fourth-order valence-corrected chi connectivity index (χ4v) is 5.32. The summed E-state index contributed by atoms with van der Waals surface area (Å²) in [6.07, 6.45) is 4.02. The fourth-order valence-electron chi connectivity index (χ4n) is 4.30. The molecule has 0 fully saturated rings. The van der Waals surface area contributed by atoms with Gasteiger partial charge < -0.3 is 10.2 Å². The first-order chi connectivity index (χ1) is 17.5. The van der Waals surface area contributed by atoms with E-state index in [1.807, 2.05) is 64.1 Å². The molecule has 8 heteroatoms. The van der Waals surface area contributed by atoms with Crippen LogP contribution in [0.25, 0.3) is 0 Å². The molecular weight excluding hydrogens is 486 g/mol. The first-order valence-corrected chi connectivity index (χ1v) is 15.0. The van der Waals surface area contributed by atoms with Crippen LogP contribution < -0.4 is 9.62 Å². The van der Waals surface area contributed by atoms with Crippen LogP contribution in [-0.4, -0.2) is 50.5 Å². The van der Waals surface area contributed by atoms with Gasteiger partial charge in [0.15, 0.2) is 0 Å². The maximum Gasteiger partial charge on any atom is 0.242 e. The highest BCUT2D eigenvalue weighted by molar-refractivity contribution is 7.92. The molecule has 0 spiro atoms. The Morgan fingerprint density at radius 3 is 2.24 bits per heavy atom. The third-order valence-corrected chi connectivity index (χ3v) is 7.87. The Labute approximate surface area is 223 Å². The molecule has 0 bridgehead atoms. The SMILES string of the molecule is CCCCNC(=O)C(CC)N(Cc1ccc(C)cc1)C(=O)CCCN(c1cccc(C)c1C)S(C)(=O)=O. The highest BCUT2D eigenvalue weighted by Crippen LogP contribution is 2.25. The standard InChI is InChI=1S/C29H43N3O4S/c1-7-9-19-30-29(34)26(8-2)31(21-25-17-15-22(3)16-18-25)28(33)14-11-20-32(37(6,35)36)27-13-10-12-23(4)24(27)5/h10,12-13,15-18,26H,7-9,11,14,19-21H2,1-6H3,(H,30,34). The number of anilines is 1. The van der Waals surface area contributed by atoms with Crippen molar-refractivity contribution in [3.63, 3.8) is 0 Å². The normalized spacial score (nSPS) is 12.2. The van der Waals surface area contributed by atoms with Gasteiger partial charge in [0.25, 0.3) is 0 Å². The van der Waals surface area contributed by atoms with Crippen molar-refractivity contribution in [1.29, 1.82) is 0 Å². The Morgan fingerprint density at radius 2 is 1.65 bits per heavy atom. The highest BCUT2D eigenvalue weighted by Gasteiger charge is 2.29. The van der Waals surface area contributed by atoms with Crippen molar-refractivity contribution >= 4 is 27.5 Å². The molecule has 2 rings (SSSR count). The lowest BCUT2D eigenvalue weighted by molar-refractivity contribution is -0.141. The van der Waals surface area contributed by atoms with Gasteiger partial charge in [-0.05, 0) is 62.8 Å². The van der Waals surface area contributed by atoms with E-state index < -0.39 is 16.1 Å². The molecule has 0 saturated carbocycles. The van der Waals surface area contributed by atoms with E-state index in [9.17, 15) is 18.0 Å². The van der Waals surface area contributed by atoms with Crippen LogP contribution in [0, 0.1) is 20.8 Å². The monoisotopic (exact) mass is 529 g/mol. The zero-order valence-electron chi connectivity index (χ0n) is 23.2. The molecular formula is C29H43N3O4S. The molecule has 2 amide bonds. The second-order valence-electron chi connectivity index (χ2n) is 9.73. The minimum absolute atomic E-state index is 0.140. The number of carbonyl (C=O) groups excluding carboxylic acids is 2. The van der Waals surface area contributed by atoms with Gasteiger partial charge in [-0.15, -0.1) is 0 Å². The summed E-state index contributed by atoms with van der Waals surface area (Å²) in [5.74, 6) is -0.308. The molecule has 0 aliphatic rings. The molecule has 204 valence electrons. The Morgan fingerprint density at radius 1 is 0.973 bits per heavy atom. The highest BCUT2D eigenvalue weighted by atomic mass is 32.2. The number of sulfonamides is 1. The second kappa shape index (κ2) is 14.2. The number of hydrogen-bond acceptors (Lipinski definition) is 4. The largest absolute Gasteiger partial charge is 0.354 e. The number of nitrogens with one attached hydrogen (secondary N) is 1. The average molecular weight is 530 g/mol. The van der Waals surface area contributed by atoms with E-state index in [0.717, 1.165) is 35.1 Å². The summed E-state index contributed by atoms with van der Waals surface area (Å²) in [6, 6.07) is 12.9. The van der Waals surface area contributed by atoms with Gasteiger partial charge in [-0.2, -0.15) is 0 Å². The van der Waals surface area contributed by atoms with E-state index in [-0.39, 0.29) is 24.8 Å². The van der Waals surface area contributed by atoms with Crippen LogP contribution in [0.4, 0.5) is 5.69 Å². The number of hydrogen-bond donors (Lipinski definition) is 1. The van der Waals surface area contributed by atoms with Crippen LogP contribution in [0.3, 0.4) is 0 Å². The van der Waals surface area contributed by atoms with E-state index in [1.54, 1.807) is 11.0 Å². The summed E-state index contributed by atoms with van der Waals surface area (Å²) in [4.78, 5) is 28.2. The number of amides is 2. The Kier molecular flexibility index (Phi) is 11.6. The minimum atomic E-state index is -3.53. The molecule has 0 aromatic heterocycles. The van der Waals surface area contributed by atoms with Crippen molar-refractivity contribution < 1.29 is 18.0 Å². The van der Waals surface area contributed by atoms with Gasteiger partial charge >= 0.3 is 0 Å². The summed E-state index contributed by atoms with van der Waals surface area (Å²) >= 11 is 0. The molecule has 1 atom stereocenters. The summed E-state index contributed by atoms with van der Waals surface area (Å²) in [5.41, 5.74) is 4.61. The summed E-state index contributed by atoms with van der Waals surface area (Å²) in [7, 11) is -3.53. The molecule has 0 aliphatic carbocycles. The van der Waals surface area contributed by atoms with Crippen molar-refractivity contribution in [3.05, 3.63) is 64.7 Å². The number of unbranched alkanes of at least 4 members (excludes halogenated alkanes) is 1. The third-order valence-electron chi connectivity index (χ3n) is 6.69. The van der Waals surface area contributed by atoms with Crippen LogP contribution in [0.1, 0.15) is 68.2 Å². The molecule has 0 radical (unpaired) electrons. The zero-order valence-corrected chi connectivity index (χ0v) is 24.0. The lowest BCUT2D eigenvalue weighted by Gasteiger charge is -2.31. The van der Waals surface area contributed by atoms with E-state index in [0.29, 0.717) is 31.6 Å². The van der Waals surface area contributed by atoms with Crippen LogP contribution >= 0.6 is 0 Å². The fraction of sp³-hybridized carbons (Fsp3) is 0.517. The molecule has 1 N–H and O–H groups in total. The Balaban J connectivity index is 2.22. The third kappa shape index (κ3) is 8.88. The maximum absolute atomic E-state index is 13.5. The van der Waals surface area contributed by atoms with Crippen molar-refractivity contribution in [2.75, 3.05) is 23.7 Å². The van der Waals surface area contributed by atoms with E-state index in [1.165, 1.54) is 10.6 Å². The molecule has 0 saturated heterocycles. The number of nitrogens with zero attached hydrogens (tertiary/aromatic N) is 2. The number of rotatable bonds is 14. The van der Waals surface area contributed by atoms with Crippen molar-refractivity contribution in [2.45, 2.75) is 79.3 Å². The number of carbonyl (C=O) groups is 2. The van der Waals surface area contributed by atoms with Crippen LogP contribution in [0.15, 0.2) is 42.5 Å². The Bertz CT molecular complexity index is 1150. The zero-order chi connectivity index (χ0) is 27.6. The summed E-state index contributed by atoms with van der Waals surface area (Å²) < 4.78 is 26.6. The van der Waals surface area contributed by atoms with Gasteiger partial charge in [-0.25, -0.2) is 8.42 Å². The lowest BCUT2D eigenvalue weighted by atomic mass is 10.1. The quantitative estimate of drug-likeness (QED) is 0.353. The first-order valence-electron chi connectivity index (χ1n) is 13.2. The van der Waals surface area contributed by atoms with Gasteiger partial charge in [0.2, 0.25) is 21.8 Å². The van der Waals surface area contributed by atoms with Gasteiger partial charge in [-0.1, -0.05) is 62.2 Å². The predicted molar refractivity (Wildman–Crippen MR) is 151 cm³/mol. The predicted octanol–water partition coefficient (Wildman–Crippen LogP) is 4.88. The molecule has 0 heterocycles. The summed E-state index contributed by atoms with van der Waals surface area (Å²) in [5, 5.41) is 2.97. The molecule has 2 aromatic carbocycles. The van der Waals surface area contributed by atoms with Crippen molar-refractivity contribution in [1.82, 2.24) is 10.2 Å².